The molecule has 0 aromatic heterocycles. The van der Waals surface area contributed by atoms with E-state index in [1.807, 2.05) is 19.2 Å². The van der Waals surface area contributed by atoms with E-state index in [4.69, 9.17) is 32.7 Å². The van der Waals surface area contributed by atoms with Crippen LogP contribution in [-0.4, -0.2) is 92.0 Å². The van der Waals surface area contributed by atoms with Crippen molar-refractivity contribution >= 4 is 45.7 Å². The molecule has 2 aromatic rings. The number of hydrogen-bond donors (Lipinski definition) is 4. The minimum absolute atomic E-state index is 0.0688. The fraction of sp³-hybridized carbons (Fsp3) is 0.500. The van der Waals surface area contributed by atoms with Gasteiger partial charge in [0.25, 0.3) is 0 Å². The molecule has 0 spiro atoms. The van der Waals surface area contributed by atoms with Crippen LogP contribution in [0.3, 0.4) is 0 Å². The van der Waals surface area contributed by atoms with Gasteiger partial charge >= 0.3 is 6.03 Å². The molecule has 0 aliphatic carbocycles. The molecular formula is C28H39Cl2N5O6S. The van der Waals surface area contributed by atoms with Crippen LogP contribution in [0.1, 0.15) is 35.4 Å². The van der Waals surface area contributed by atoms with E-state index in [0.717, 1.165) is 29.5 Å². The second kappa shape index (κ2) is 17.6. The van der Waals surface area contributed by atoms with Gasteiger partial charge in [-0.2, -0.15) is 0 Å². The monoisotopic (exact) mass is 643 g/mol. The van der Waals surface area contributed by atoms with Crippen molar-refractivity contribution in [2.24, 2.45) is 0 Å². The zero-order valence-electron chi connectivity index (χ0n) is 23.7. The molecule has 42 heavy (non-hydrogen) atoms. The first-order valence-corrected chi connectivity index (χ1v) is 16.1. The van der Waals surface area contributed by atoms with E-state index in [1.165, 1.54) is 0 Å². The Hall–Kier alpha value is -2.45. The quantitative estimate of drug-likeness (QED) is 0.145. The maximum Gasteiger partial charge on any atom is 0.314 e. The van der Waals surface area contributed by atoms with Crippen LogP contribution in [0.4, 0.5) is 4.79 Å². The topological polar surface area (TPSA) is 138 Å². The van der Waals surface area contributed by atoms with Gasteiger partial charge in [-0.3, -0.25) is 4.79 Å². The van der Waals surface area contributed by atoms with Gasteiger partial charge in [-0.15, -0.1) is 0 Å². The lowest BCUT2D eigenvalue weighted by atomic mass is 9.85. The third-order valence-electron chi connectivity index (χ3n) is 6.62. The number of benzene rings is 2. The summed E-state index contributed by atoms with van der Waals surface area (Å²) in [7, 11) is -1.74. The number of halogens is 2. The number of sulfonamides is 1. The summed E-state index contributed by atoms with van der Waals surface area (Å²) >= 11 is 12.8. The average Bonchev–Trinajstić information content (AvgIpc) is 2.96. The van der Waals surface area contributed by atoms with Crippen LogP contribution in [0, 0.1) is 0 Å². The molecule has 0 saturated carbocycles. The second-order valence-corrected chi connectivity index (χ2v) is 12.5. The van der Waals surface area contributed by atoms with Gasteiger partial charge in [0.2, 0.25) is 16.4 Å². The summed E-state index contributed by atoms with van der Waals surface area (Å²) < 4.78 is 39.4. The third-order valence-corrected chi connectivity index (χ3v) is 8.64. The van der Waals surface area contributed by atoms with Gasteiger partial charge in [-0.05, 0) is 60.8 Å². The zero-order valence-corrected chi connectivity index (χ0v) is 26.0. The van der Waals surface area contributed by atoms with E-state index in [1.54, 1.807) is 24.3 Å². The first-order chi connectivity index (χ1) is 20.2. The maximum absolute atomic E-state index is 13.0. The number of nitrogens with zero attached hydrogens (tertiary/aromatic N) is 1. The SMILES string of the molecule is CN1Cc2c(Cl)cc(Cl)cc2[C@@H](c2cccc(S(=O)(=O)NCCOCCOCCNC(=O)NCCCCNC=O)c2)C1. The number of carbonyl (C=O) groups excluding carboxylic acids is 2. The van der Waals surface area contributed by atoms with Crippen molar-refractivity contribution in [2.45, 2.75) is 30.2 Å². The lowest BCUT2D eigenvalue weighted by molar-refractivity contribution is -0.109. The van der Waals surface area contributed by atoms with Gasteiger partial charge < -0.3 is 30.3 Å². The molecule has 1 atom stereocenters. The summed E-state index contributed by atoms with van der Waals surface area (Å²) in [6, 6.07) is 10.3. The van der Waals surface area contributed by atoms with Gasteiger partial charge in [0, 0.05) is 55.2 Å². The van der Waals surface area contributed by atoms with Crippen molar-refractivity contribution in [1.29, 1.82) is 0 Å². The highest BCUT2D eigenvalue weighted by atomic mass is 35.5. The molecule has 14 heteroatoms. The van der Waals surface area contributed by atoms with Gasteiger partial charge in [-0.1, -0.05) is 35.3 Å². The number of hydrogen-bond acceptors (Lipinski definition) is 7. The first kappa shape index (κ1) is 34.0. The van der Waals surface area contributed by atoms with Crippen molar-refractivity contribution in [1.82, 2.24) is 25.6 Å². The number of fused-ring (bicyclic) bond motifs is 1. The molecule has 3 rings (SSSR count). The first-order valence-electron chi connectivity index (χ1n) is 13.8. The van der Waals surface area contributed by atoms with E-state index in [9.17, 15) is 18.0 Å². The van der Waals surface area contributed by atoms with Gasteiger partial charge in [-0.25, -0.2) is 17.9 Å². The Kier molecular flexibility index (Phi) is 14.3. The summed E-state index contributed by atoms with van der Waals surface area (Å²) in [5, 5.41) is 9.14. The molecule has 1 aliphatic rings. The van der Waals surface area contributed by atoms with Crippen LogP contribution in [0.15, 0.2) is 41.3 Å². The fourth-order valence-electron chi connectivity index (χ4n) is 4.59. The number of rotatable bonds is 18. The minimum atomic E-state index is -3.74. The standard InChI is InChI=1S/C28H39Cl2N5O6S/c1-35-18-25(24-16-22(29)17-27(30)26(24)19-35)21-5-4-6-23(15-21)42(38,39)34-10-12-41-14-13-40-11-9-33-28(37)32-8-3-2-7-31-20-36/h4-6,15-17,20,25,34H,2-3,7-14,18-19H2,1H3,(H,31,36)(H2,32,33,37)/t25-/m1/s1. The van der Waals surface area contributed by atoms with Crippen LogP contribution in [0.2, 0.25) is 10.0 Å². The summed E-state index contributed by atoms with van der Waals surface area (Å²) in [6.45, 7) is 4.08. The van der Waals surface area contributed by atoms with Gasteiger partial charge in [0.05, 0.1) is 31.3 Å². The minimum Gasteiger partial charge on any atom is -0.378 e. The summed E-state index contributed by atoms with van der Waals surface area (Å²) in [6.07, 6.45) is 2.21. The zero-order chi connectivity index (χ0) is 30.4. The molecule has 0 fully saturated rings. The molecule has 1 aliphatic heterocycles. The van der Waals surface area contributed by atoms with Crippen molar-refractivity contribution in [3.8, 4) is 0 Å². The Labute approximate surface area is 257 Å². The molecule has 4 N–H and O–H groups in total. The molecule has 0 radical (unpaired) electrons. The van der Waals surface area contributed by atoms with Crippen molar-refractivity contribution in [2.75, 3.05) is 66.2 Å². The number of amides is 3. The van der Waals surface area contributed by atoms with E-state index >= 15 is 0 Å². The number of unbranched alkanes of at least 4 members (excludes halogenated alkanes) is 1. The smallest absolute Gasteiger partial charge is 0.314 e. The fourth-order valence-corrected chi connectivity index (χ4v) is 6.23. The van der Waals surface area contributed by atoms with E-state index in [2.05, 4.69) is 25.6 Å². The van der Waals surface area contributed by atoms with Crippen LogP contribution in [0.25, 0.3) is 0 Å². The molecule has 0 saturated heterocycles. The summed E-state index contributed by atoms with van der Waals surface area (Å²) in [5.74, 6) is -0.0688. The highest BCUT2D eigenvalue weighted by molar-refractivity contribution is 7.89. The maximum atomic E-state index is 13.0. The molecule has 3 amide bonds. The molecule has 0 bridgehead atoms. The van der Waals surface area contributed by atoms with Crippen molar-refractivity contribution in [3.63, 3.8) is 0 Å². The Morgan fingerprint density at radius 3 is 2.48 bits per heavy atom. The van der Waals surface area contributed by atoms with Gasteiger partial charge in [0.15, 0.2) is 0 Å². The number of nitrogens with one attached hydrogen (secondary N) is 4. The molecule has 232 valence electrons. The molecular weight excluding hydrogens is 605 g/mol. The predicted molar refractivity (Wildman–Crippen MR) is 163 cm³/mol. The second-order valence-electron chi connectivity index (χ2n) is 9.86. The van der Waals surface area contributed by atoms with Crippen LogP contribution in [0.5, 0.6) is 0 Å². The number of ether oxygens (including phenoxy) is 2. The molecule has 2 aromatic carbocycles. The van der Waals surface area contributed by atoms with Gasteiger partial charge in [0.1, 0.15) is 0 Å². The summed E-state index contributed by atoms with van der Waals surface area (Å²) in [5.41, 5.74) is 2.88. The third kappa shape index (κ3) is 11.0. The van der Waals surface area contributed by atoms with Crippen LogP contribution in [-0.2, 0) is 30.8 Å². The highest BCUT2D eigenvalue weighted by Gasteiger charge is 2.28. The predicted octanol–water partition coefficient (Wildman–Crippen LogP) is 2.71. The van der Waals surface area contributed by atoms with E-state index < -0.39 is 10.0 Å². The Bertz CT molecular complexity index is 1280. The largest absolute Gasteiger partial charge is 0.378 e. The highest BCUT2D eigenvalue weighted by Crippen LogP contribution is 2.38. The summed E-state index contributed by atoms with van der Waals surface area (Å²) in [4.78, 5) is 24.1. The van der Waals surface area contributed by atoms with Crippen molar-refractivity contribution in [3.05, 3.63) is 63.1 Å². The Morgan fingerprint density at radius 1 is 1.00 bits per heavy atom. The molecule has 0 unspecified atom stereocenters. The lowest BCUT2D eigenvalue weighted by Gasteiger charge is -2.33. The normalized spacial score (nSPS) is 15.2. The van der Waals surface area contributed by atoms with Crippen LogP contribution < -0.4 is 20.7 Å². The van der Waals surface area contributed by atoms with Crippen LogP contribution >= 0.6 is 23.2 Å². The number of urea groups is 1. The van der Waals surface area contributed by atoms with E-state index in [0.29, 0.717) is 62.4 Å². The number of likely N-dealkylation sites (N-methyl/N-ethyl adjacent to an activating group) is 1. The molecule has 11 nitrogen and oxygen atoms in total. The van der Waals surface area contributed by atoms with E-state index in [-0.39, 0.29) is 36.6 Å². The Morgan fingerprint density at radius 2 is 1.71 bits per heavy atom. The molecule has 1 heterocycles. The van der Waals surface area contributed by atoms with Crippen molar-refractivity contribution < 1.29 is 27.5 Å². The number of carbonyl (C=O) groups is 2. The Balaban J connectivity index is 1.34. The lowest BCUT2D eigenvalue weighted by Crippen LogP contribution is -2.38. The average molecular weight is 645 g/mol.